The Morgan fingerprint density at radius 2 is 1.66 bits per heavy atom. The second-order valence-corrected chi connectivity index (χ2v) is 9.66. The predicted octanol–water partition coefficient (Wildman–Crippen LogP) is 5.15. The maximum atomic E-state index is 14.7. The van der Waals surface area contributed by atoms with Crippen LogP contribution < -0.4 is 10.3 Å². The van der Waals surface area contributed by atoms with Gasteiger partial charge in [0.2, 0.25) is 5.88 Å². The summed E-state index contributed by atoms with van der Waals surface area (Å²) in [7, 11) is 0. The van der Waals surface area contributed by atoms with Gasteiger partial charge in [0.15, 0.2) is 11.6 Å². The number of hydrogen-bond donors (Lipinski definition) is 1. The van der Waals surface area contributed by atoms with Gasteiger partial charge in [-0.25, -0.2) is 23.1 Å². The average molecular weight is 525 g/mol. The molecule has 0 saturated carbocycles. The van der Waals surface area contributed by atoms with E-state index in [1.165, 1.54) is 38.3 Å². The molecule has 0 spiro atoms. The van der Waals surface area contributed by atoms with E-state index in [9.17, 15) is 23.1 Å². The molecule has 7 nitrogen and oxygen atoms in total. The molecule has 0 aliphatic carbocycles. The van der Waals surface area contributed by atoms with Crippen LogP contribution in [0.4, 0.5) is 13.2 Å². The zero-order chi connectivity index (χ0) is 27.9. The van der Waals surface area contributed by atoms with Gasteiger partial charge in [-0.15, -0.1) is 0 Å². The van der Waals surface area contributed by atoms with Crippen molar-refractivity contribution in [1.82, 2.24) is 19.5 Å². The summed E-state index contributed by atoms with van der Waals surface area (Å²) >= 11 is 0. The summed E-state index contributed by atoms with van der Waals surface area (Å²) in [5.41, 5.74) is 0.300. The maximum Gasteiger partial charge on any atom is 0.264 e. The largest absolute Gasteiger partial charge is 0.472 e. The van der Waals surface area contributed by atoms with Crippen molar-refractivity contribution in [1.29, 1.82) is 0 Å². The van der Waals surface area contributed by atoms with Gasteiger partial charge in [0.25, 0.3) is 5.56 Å². The highest BCUT2D eigenvalue weighted by atomic mass is 19.1. The minimum atomic E-state index is -1.38. The van der Waals surface area contributed by atoms with E-state index >= 15 is 0 Å². The Bertz CT molecular complexity index is 1610. The highest BCUT2D eigenvalue weighted by Gasteiger charge is 2.23. The molecule has 0 radical (unpaired) electrons. The van der Waals surface area contributed by atoms with Gasteiger partial charge >= 0.3 is 0 Å². The van der Waals surface area contributed by atoms with Crippen LogP contribution in [-0.4, -0.2) is 24.6 Å². The van der Waals surface area contributed by atoms with Gasteiger partial charge < -0.3 is 9.84 Å². The number of aryl methyl sites for hydroxylation is 3. The summed E-state index contributed by atoms with van der Waals surface area (Å²) in [5, 5.41) is 10.3. The number of hydrogen-bond acceptors (Lipinski definition) is 6. The van der Waals surface area contributed by atoms with Crippen molar-refractivity contribution in [3.63, 3.8) is 0 Å². The smallest absolute Gasteiger partial charge is 0.264 e. The Labute approximate surface area is 217 Å². The molecule has 38 heavy (non-hydrogen) atoms. The minimum absolute atomic E-state index is 0.0228. The van der Waals surface area contributed by atoms with Gasteiger partial charge in [-0.2, -0.15) is 4.98 Å². The van der Waals surface area contributed by atoms with Gasteiger partial charge in [0.1, 0.15) is 35.4 Å². The van der Waals surface area contributed by atoms with Crippen LogP contribution in [0.15, 0.2) is 41.3 Å². The molecule has 1 N–H and O–H groups in total. The first-order valence-electron chi connectivity index (χ1n) is 11.8. The monoisotopic (exact) mass is 524 g/mol. The fraction of sp³-hybridized carbons (Fsp3) is 0.286. The molecule has 4 aromatic rings. The fourth-order valence-corrected chi connectivity index (χ4v) is 3.95. The second-order valence-electron chi connectivity index (χ2n) is 9.66. The highest BCUT2D eigenvalue weighted by Crippen LogP contribution is 2.28. The lowest BCUT2D eigenvalue weighted by Gasteiger charge is -2.18. The third-order valence-electron chi connectivity index (χ3n) is 6.14. The third kappa shape index (κ3) is 5.17. The van der Waals surface area contributed by atoms with Crippen molar-refractivity contribution in [3.8, 4) is 22.8 Å². The van der Waals surface area contributed by atoms with E-state index in [1.54, 1.807) is 32.0 Å². The minimum Gasteiger partial charge on any atom is -0.472 e. The molecule has 0 aliphatic rings. The van der Waals surface area contributed by atoms with Crippen molar-refractivity contribution >= 4 is 0 Å². The van der Waals surface area contributed by atoms with Crippen molar-refractivity contribution in [3.05, 3.63) is 98.2 Å². The number of benzene rings is 2. The van der Waals surface area contributed by atoms with Gasteiger partial charge in [-0.1, -0.05) is 12.1 Å². The molecule has 2 heterocycles. The van der Waals surface area contributed by atoms with E-state index in [1.807, 2.05) is 0 Å². The molecular weight excluding hydrogens is 497 g/mol. The van der Waals surface area contributed by atoms with Crippen LogP contribution >= 0.6 is 0 Å². The normalized spacial score (nSPS) is 11.6. The molecule has 0 unspecified atom stereocenters. The lowest BCUT2D eigenvalue weighted by atomic mass is 10.0. The molecule has 0 atom stereocenters. The second kappa shape index (κ2) is 10.0. The molecule has 0 aliphatic heterocycles. The Morgan fingerprint density at radius 1 is 0.947 bits per heavy atom. The molecule has 2 aromatic carbocycles. The predicted molar refractivity (Wildman–Crippen MR) is 136 cm³/mol. The number of aromatic nitrogens is 4. The number of halogens is 3. The maximum absolute atomic E-state index is 14.7. The van der Waals surface area contributed by atoms with E-state index in [4.69, 9.17) is 4.74 Å². The highest BCUT2D eigenvalue weighted by molar-refractivity contribution is 5.64. The quantitative estimate of drug-likeness (QED) is 0.375. The van der Waals surface area contributed by atoms with E-state index in [-0.39, 0.29) is 46.5 Å². The standard InChI is InChI=1S/C28H27F3N4O3/c1-14-7-8-18(24-22(31)12-32-27(34-24)28(5,6)37)10-23(14)35-17(4)33-25(16(3)26(35)36)38-13-19-9-15(2)20(29)11-21(19)30/h7-12,37H,13H2,1-6H3. The van der Waals surface area contributed by atoms with Gasteiger partial charge in [0.05, 0.1) is 17.4 Å². The van der Waals surface area contributed by atoms with Crippen LogP contribution in [0.5, 0.6) is 5.88 Å². The lowest BCUT2D eigenvalue weighted by Crippen LogP contribution is -2.26. The number of nitrogens with zero attached hydrogens (tertiary/aromatic N) is 4. The van der Waals surface area contributed by atoms with Gasteiger partial charge in [-0.3, -0.25) is 9.36 Å². The van der Waals surface area contributed by atoms with Gasteiger partial charge in [-0.05, 0) is 64.8 Å². The third-order valence-corrected chi connectivity index (χ3v) is 6.14. The van der Waals surface area contributed by atoms with E-state index in [0.717, 1.165) is 17.8 Å². The molecule has 10 heteroatoms. The summed E-state index contributed by atoms with van der Waals surface area (Å²) in [4.78, 5) is 25.9. The van der Waals surface area contributed by atoms with Crippen LogP contribution in [0.1, 0.15) is 47.8 Å². The zero-order valence-corrected chi connectivity index (χ0v) is 21.9. The fourth-order valence-electron chi connectivity index (χ4n) is 3.95. The van der Waals surface area contributed by atoms with Gasteiger partial charge in [0, 0.05) is 17.2 Å². The molecule has 198 valence electrons. The number of rotatable bonds is 6. The van der Waals surface area contributed by atoms with Crippen molar-refractivity contribution in [2.45, 2.75) is 53.8 Å². The van der Waals surface area contributed by atoms with Crippen LogP contribution in [-0.2, 0) is 12.2 Å². The zero-order valence-electron chi connectivity index (χ0n) is 21.9. The van der Waals surface area contributed by atoms with Crippen LogP contribution in [0.2, 0.25) is 0 Å². The number of ether oxygens (including phenoxy) is 1. The summed E-state index contributed by atoms with van der Waals surface area (Å²) in [5.74, 6) is -1.74. The average Bonchev–Trinajstić information content (AvgIpc) is 2.84. The van der Waals surface area contributed by atoms with E-state index in [2.05, 4.69) is 15.0 Å². The Hall–Kier alpha value is -4.05. The summed E-state index contributed by atoms with van der Waals surface area (Å²) in [6.45, 7) is 9.21. The Morgan fingerprint density at radius 3 is 2.34 bits per heavy atom. The molecule has 0 amide bonds. The first-order valence-corrected chi connectivity index (χ1v) is 11.8. The number of aliphatic hydroxyl groups is 1. The molecule has 2 aromatic heterocycles. The topological polar surface area (TPSA) is 90.1 Å². The first kappa shape index (κ1) is 27.0. The molecule has 0 saturated heterocycles. The Balaban J connectivity index is 1.75. The molecular formula is C28H27F3N4O3. The summed E-state index contributed by atoms with van der Waals surface area (Å²) < 4.78 is 49.5. The van der Waals surface area contributed by atoms with Crippen molar-refractivity contribution < 1.29 is 23.0 Å². The first-order chi connectivity index (χ1) is 17.8. The molecule has 0 bridgehead atoms. The van der Waals surface area contributed by atoms with Crippen molar-refractivity contribution in [2.24, 2.45) is 0 Å². The van der Waals surface area contributed by atoms with E-state index < -0.39 is 28.6 Å². The lowest BCUT2D eigenvalue weighted by molar-refractivity contribution is 0.0686. The Kier molecular flexibility index (Phi) is 7.12. The van der Waals surface area contributed by atoms with Crippen LogP contribution in [0.3, 0.4) is 0 Å². The van der Waals surface area contributed by atoms with Crippen molar-refractivity contribution in [2.75, 3.05) is 0 Å². The van der Waals surface area contributed by atoms with E-state index in [0.29, 0.717) is 11.3 Å². The molecule has 4 rings (SSSR count). The molecule has 0 fully saturated rings. The summed E-state index contributed by atoms with van der Waals surface area (Å²) in [6, 6.07) is 7.13. The SMILES string of the molecule is Cc1cc(COc2nc(C)n(-c3cc(-c4nc(C(C)(C)O)ncc4F)ccc3C)c(=O)c2C)c(F)cc1F. The van der Waals surface area contributed by atoms with Crippen LogP contribution in [0.25, 0.3) is 16.9 Å². The summed E-state index contributed by atoms with van der Waals surface area (Å²) in [6.07, 6.45) is 0.996. The van der Waals surface area contributed by atoms with Crippen LogP contribution in [0, 0.1) is 45.1 Å².